The molecule has 1 aromatic carbocycles. The Bertz CT molecular complexity index is 762. The van der Waals surface area contributed by atoms with E-state index in [0.717, 1.165) is 0 Å². The third kappa shape index (κ3) is 3.31. The number of nitrogens with one attached hydrogen (secondary N) is 1. The topological polar surface area (TPSA) is 84.9 Å². The van der Waals surface area contributed by atoms with Crippen LogP contribution in [0.2, 0.25) is 0 Å². The fraction of sp³-hybridized carbons (Fsp3) is 0.357. The lowest BCUT2D eigenvalue weighted by Gasteiger charge is -2.24. The van der Waals surface area contributed by atoms with Crippen LogP contribution in [0.25, 0.3) is 0 Å². The van der Waals surface area contributed by atoms with Crippen molar-refractivity contribution in [3.63, 3.8) is 0 Å². The minimum Gasteiger partial charge on any atom is -0.493 e. The van der Waals surface area contributed by atoms with Crippen molar-refractivity contribution in [1.82, 2.24) is 10.2 Å². The maximum atomic E-state index is 11.9. The molecule has 1 aliphatic heterocycles. The molecule has 7 nitrogen and oxygen atoms in total. The molecule has 0 aromatic heterocycles. The Kier molecular flexibility index (Phi) is 2.58. The summed E-state index contributed by atoms with van der Waals surface area (Å²) in [4.78, 5) is 35.2. The second kappa shape index (κ2) is 6.25. The first-order chi connectivity index (χ1) is 12.4. The number of amides is 4. The number of hydrogen-bond donors (Lipinski definition) is 1. The van der Waals surface area contributed by atoms with Gasteiger partial charge in [0.05, 0.1) is 21.0 Å². The first kappa shape index (κ1) is 8.66. The Morgan fingerprint density at radius 2 is 2.14 bits per heavy atom. The zero-order chi connectivity index (χ0) is 20.6. The van der Waals surface area contributed by atoms with Crippen molar-refractivity contribution in [3.8, 4) is 11.5 Å². The highest BCUT2D eigenvalue weighted by atomic mass is 16.5. The molecule has 1 saturated heterocycles. The summed E-state index contributed by atoms with van der Waals surface area (Å²) in [6, 6.07) is 2.32. The number of carbonyl (C=O) groups excluding carboxylic acids is 3. The fourth-order valence-electron chi connectivity index (χ4n) is 1.68. The van der Waals surface area contributed by atoms with Gasteiger partial charge < -0.3 is 9.47 Å². The quantitative estimate of drug-likeness (QED) is 0.809. The molecule has 21 heavy (non-hydrogen) atoms. The van der Waals surface area contributed by atoms with Gasteiger partial charge >= 0.3 is 6.03 Å². The molecular weight excluding hydrogens is 276 g/mol. The number of aryl methyl sites for hydroxylation is 1. The summed E-state index contributed by atoms with van der Waals surface area (Å²) in [5.74, 6) is -2.14. The summed E-state index contributed by atoms with van der Waals surface area (Å²) in [6.07, 6.45) is -2.48. The summed E-state index contributed by atoms with van der Waals surface area (Å²) >= 11 is 0. The van der Waals surface area contributed by atoms with E-state index in [2.05, 4.69) is 0 Å². The number of methoxy groups -OCH3 is 2. The second-order valence-corrected chi connectivity index (χ2v) is 4.05. The molecule has 1 atom stereocenters. The molecule has 0 radical (unpaired) electrons. The van der Waals surface area contributed by atoms with E-state index >= 15 is 0 Å². The minimum absolute atomic E-state index is 0.00718. The number of urea groups is 1. The number of ether oxygens (including phenoxy) is 2. The number of hydrogen-bond acceptors (Lipinski definition) is 5. The first-order valence-corrected chi connectivity index (χ1v) is 5.83. The highest BCUT2D eigenvalue weighted by Crippen LogP contribution is 2.27. The Morgan fingerprint density at radius 1 is 1.33 bits per heavy atom. The van der Waals surface area contributed by atoms with E-state index in [9.17, 15) is 14.4 Å². The largest absolute Gasteiger partial charge is 0.493 e. The fourth-order valence-corrected chi connectivity index (χ4v) is 1.68. The van der Waals surface area contributed by atoms with Crippen molar-refractivity contribution in [2.24, 2.45) is 0 Å². The van der Waals surface area contributed by atoms with E-state index in [1.165, 1.54) is 25.3 Å². The molecule has 0 saturated carbocycles. The van der Waals surface area contributed by atoms with Crippen LogP contribution in [0, 0.1) is 0 Å². The van der Waals surface area contributed by atoms with Crippen LogP contribution >= 0.6 is 0 Å². The molecule has 0 spiro atoms. The average Bonchev–Trinajstić information content (AvgIpc) is 2.51. The molecule has 1 aromatic rings. The molecule has 1 N–H and O–H groups in total. The second-order valence-electron chi connectivity index (χ2n) is 4.05. The third-order valence-electron chi connectivity index (χ3n) is 2.67. The summed E-state index contributed by atoms with van der Waals surface area (Å²) in [6.45, 7) is -2.79. The molecule has 1 aliphatic rings. The number of carbonyl (C=O) groups is 3. The number of benzene rings is 1. The van der Waals surface area contributed by atoms with Gasteiger partial charge in [-0.1, -0.05) is 6.07 Å². The maximum Gasteiger partial charge on any atom is 0.330 e. The molecule has 1 unspecified atom stereocenters. The van der Waals surface area contributed by atoms with E-state index in [-0.39, 0.29) is 22.0 Å². The van der Waals surface area contributed by atoms with Crippen LogP contribution in [0.3, 0.4) is 0 Å². The lowest BCUT2D eigenvalue weighted by molar-refractivity contribution is -0.136. The molecule has 4 amide bonds. The van der Waals surface area contributed by atoms with E-state index < -0.39 is 44.2 Å². The molecule has 0 bridgehead atoms. The lowest BCUT2D eigenvalue weighted by Crippen LogP contribution is -2.53. The van der Waals surface area contributed by atoms with Gasteiger partial charge in [-0.05, 0) is 24.1 Å². The molecule has 1 heterocycles. The van der Waals surface area contributed by atoms with Crippen LogP contribution in [-0.4, -0.2) is 43.4 Å². The summed E-state index contributed by atoms with van der Waals surface area (Å²) in [5, 5.41) is 1.83. The van der Waals surface area contributed by atoms with Crippen molar-refractivity contribution >= 4 is 17.8 Å². The number of rotatable bonds is 5. The van der Waals surface area contributed by atoms with Crippen molar-refractivity contribution in [2.45, 2.75) is 12.8 Å². The van der Waals surface area contributed by atoms with Crippen molar-refractivity contribution in [3.05, 3.63) is 23.8 Å². The molecule has 0 aliphatic carbocycles. The normalized spacial score (nSPS) is 22.0. The highest BCUT2D eigenvalue weighted by molar-refractivity contribution is 6.14. The SMILES string of the molecule is [2H]C(c1ccc(OC([2H])([2H])[2H])c(OC)c1)C([2H])([2H])N1C(=O)CC(=O)NC1=O. The van der Waals surface area contributed by atoms with Crippen LogP contribution in [0.15, 0.2) is 18.2 Å². The van der Waals surface area contributed by atoms with Gasteiger partial charge in [0.2, 0.25) is 11.8 Å². The standard InChI is InChI=1S/C14H16N2O5/c1-20-10-4-3-9(7-11(10)21-2)5-6-16-13(18)8-12(17)15-14(16)19/h3-4,7H,5-6,8H2,1-2H3,(H,15,17,19)/i1D3,5D,6D2. The van der Waals surface area contributed by atoms with Gasteiger partial charge in [-0.25, -0.2) is 4.79 Å². The summed E-state index contributed by atoms with van der Waals surface area (Å²) in [7, 11) is -1.51. The van der Waals surface area contributed by atoms with Gasteiger partial charge in [-0.3, -0.25) is 19.8 Å². The number of nitrogens with zero attached hydrogens (tertiary/aromatic N) is 1. The van der Waals surface area contributed by atoms with Crippen molar-refractivity contribution in [2.75, 3.05) is 20.6 Å². The van der Waals surface area contributed by atoms with Crippen molar-refractivity contribution in [1.29, 1.82) is 0 Å². The Hall–Kier alpha value is -2.57. The van der Waals surface area contributed by atoms with Crippen LogP contribution in [-0.2, 0) is 16.0 Å². The summed E-state index contributed by atoms with van der Waals surface area (Å²) in [5.41, 5.74) is -0.00718. The van der Waals surface area contributed by atoms with Crippen LogP contribution < -0.4 is 14.8 Å². The molecule has 2 rings (SSSR count). The smallest absolute Gasteiger partial charge is 0.330 e. The zero-order valence-electron chi connectivity index (χ0n) is 17.0. The minimum atomic E-state index is -2.79. The van der Waals surface area contributed by atoms with Gasteiger partial charge in [0.25, 0.3) is 0 Å². The number of barbiturate groups is 1. The highest BCUT2D eigenvalue weighted by Gasteiger charge is 2.30. The molecule has 1 fully saturated rings. The Labute approximate surface area is 130 Å². The van der Waals surface area contributed by atoms with Gasteiger partial charge in [0.1, 0.15) is 6.42 Å². The number of imide groups is 2. The Balaban J connectivity index is 2.35. The average molecular weight is 298 g/mol. The molecule has 7 heteroatoms. The zero-order valence-corrected chi connectivity index (χ0v) is 11.0. The predicted molar refractivity (Wildman–Crippen MR) is 73.1 cm³/mol. The van der Waals surface area contributed by atoms with Gasteiger partial charge in [0, 0.05) is 7.87 Å². The monoisotopic (exact) mass is 298 g/mol. The van der Waals surface area contributed by atoms with E-state index in [1.807, 2.05) is 5.32 Å². The molecule has 112 valence electrons. The van der Waals surface area contributed by atoms with Gasteiger partial charge in [-0.15, -0.1) is 0 Å². The van der Waals surface area contributed by atoms with Gasteiger partial charge in [-0.2, -0.15) is 0 Å². The predicted octanol–water partition coefficient (Wildman–Crippen LogP) is 0.715. The van der Waals surface area contributed by atoms with E-state index in [1.54, 1.807) is 0 Å². The first-order valence-electron chi connectivity index (χ1n) is 8.90. The van der Waals surface area contributed by atoms with Crippen LogP contribution in [0.4, 0.5) is 4.79 Å². The third-order valence-corrected chi connectivity index (χ3v) is 2.67. The molecular formula is C14H16N2O5. The lowest BCUT2D eigenvalue weighted by atomic mass is 10.1. The van der Waals surface area contributed by atoms with Crippen LogP contribution in [0.1, 0.15) is 20.2 Å². The van der Waals surface area contributed by atoms with Gasteiger partial charge in [0.15, 0.2) is 11.5 Å². The Morgan fingerprint density at radius 3 is 2.81 bits per heavy atom. The maximum absolute atomic E-state index is 11.9. The summed E-state index contributed by atoms with van der Waals surface area (Å²) < 4.78 is 55.4. The van der Waals surface area contributed by atoms with E-state index in [0.29, 0.717) is 0 Å². The van der Waals surface area contributed by atoms with E-state index in [4.69, 9.17) is 17.7 Å². The van der Waals surface area contributed by atoms with Crippen LogP contribution in [0.5, 0.6) is 11.5 Å². The van der Waals surface area contributed by atoms with Crippen molar-refractivity contribution < 1.29 is 32.1 Å².